The normalized spacial score (nSPS) is 17.5. The van der Waals surface area contributed by atoms with Crippen molar-refractivity contribution in [3.63, 3.8) is 0 Å². The number of para-hydroxylation sites is 1. The third kappa shape index (κ3) is 4.08. The van der Waals surface area contributed by atoms with Crippen molar-refractivity contribution in [1.82, 2.24) is 9.47 Å². The number of ether oxygens (including phenoxy) is 1. The summed E-state index contributed by atoms with van der Waals surface area (Å²) >= 11 is 0. The van der Waals surface area contributed by atoms with Gasteiger partial charge in [0.2, 0.25) is 5.91 Å². The van der Waals surface area contributed by atoms with Crippen LogP contribution < -0.4 is 5.32 Å². The summed E-state index contributed by atoms with van der Waals surface area (Å²) in [5.41, 5.74) is 3.56. The van der Waals surface area contributed by atoms with E-state index in [-0.39, 0.29) is 17.6 Å². The second-order valence-corrected chi connectivity index (χ2v) is 8.71. The Morgan fingerprint density at radius 1 is 1.00 bits per heavy atom. The Bertz CT molecular complexity index is 1400. The number of methoxy groups -OCH3 is 1. The highest BCUT2D eigenvalue weighted by atomic mass is 19.1. The standard InChI is InChI=1S/C28H26FN3O3/c1-31-17-23(20-7-5-6-10-24(20)31)26-25(27(33)30-19-13-11-18(29)12-14-19)21-8-3-4-9-22(21)28(34)32(26)15-16-35-2/h3-14,17,25-26H,15-16H2,1-2H3,(H,30,33)/t25-,26+/m1/s1. The first-order valence-corrected chi connectivity index (χ1v) is 11.5. The number of rotatable bonds is 6. The van der Waals surface area contributed by atoms with Gasteiger partial charge < -0.3 is 19.5 Å². The molecule has 1 aromatic heterocycles. The first-order valence-electron chi connectivity index (χ1n) is 11.5. The van der Waals surface area contributed by atoms with Gasteiger partial charge in [-0.2, -0.15) is 0 Å². The number of aromatic nitrogens is 1. The van der Waals surface area contributed by atoms with Crippen LogP contribution in [0.15, 0.2) is 79.0 Å². The molecule has 7 heteroatoms. The first-order chi connectivity index (χ1) is 17.0. The number of nitrogens with zero attached hydrogens (tertiary/aromatic N) is 2. The lowest BCUT2D eigenvalue weighted by Gasteiger charge is -2.41. The molecule has 0 unspecified atom stereocenters. The van der Waals surface area contributed by atoms with Crippen LogP contribution in [-0.4, -0.2) is 41.5 Å². The number of hydrogen-bond donors (Lipinski definition) is 1. The quantitative estimate of drug-likeness (QED) is 0.436. The molecule has 2 heterocycles. The molecule has 0 spiro atoms. The minimum atomic E-state index is -0.684. The molecule has 0 aliphatic carbocycles. The number of carbonyl (C=O) groups excluding carboxylic acids is 2. The second-order valence-electron chi connectivity index (χ2n) is 8.71. The predicted octanol–water partition coefficient (Wildman–Crippen LogP) is 4.88. The van der Waals surface area contributed by atoms with Crippen LogP contribution in [-0.2, 0) is 16.6 Å². The van der Waals surface area contributed by atoms with Gasteiger partial charge in [0.25, 0.3) is 5.91 Å². The van der Waals surface area contributed by atoms with Crippen molar-refractivity contribution >= 4 is 28.4 Å². The minimum Gasteiger partial charge on any atom is -0.383 e. The maximum absolute atomic E-state index is 13.9. The number of aryl methyl sites for hydroxylation is 1. The summed E-state index contributed by atoms with van der Waals surface area (Å²) < 4.78 is 20.8. The first kappa shape index (κ1) is 22.8. The molecule has 0 radical (unpaired) electrons. The molecule has 178 valence electrons. The van der Waals surface area contributed by atoms with Gasteiger partial charge in [-0.25, -0.2) is 4.39 Å². The number of benzene rings is 3. The van der Waals surface area contributed by atoms with E-state index in [1.165, 1.54) is 24.3 Å². The smallest absolute Gasteiger partial charge is 0.254 e. The van der Waals surface area contributed by atoms with Gasteiger partial charge in [0.15, 0.2) is 0 Å². The number of amides is 2. The summed E-state index contributed by atoms with van der Waals surface area (Å²) in [5.74, 6) is -1.47. The monoisotopic (exact) mass is 471 g/mol. The van der Waals surface area contributed by atoms with E-state index in [0.29, 0.717) is 30.0 Å². The Kier molecular flexibility index (Phi) is 6.09. The van der Waals surface area contributed by atoms with Crippen molar-refractivity contribution < 1.29 is 18.7 Å². The highest BCUT2D eigenvalue weighted by Gasteiger charge is 2.45. The zero-order valence-corrected chi connectivity index (χ0v) is 19.6. The van der Waals surface area contributed by atoms with Crippen LogP contribution in [0, 0.1) is 5.82 Å². The molecule has 0 fully saturated rings. The summed E-state index contributed by atoms with van der Waals surface area (Å²) in [7, 11) is 3.55. The average Bonchev–Trinajstić information content (AvgIpc) is 3.21. The molecule has 1 aliphatic rings. The van der Waals surface area contributed by atoms with Crippen LogP contribution in [0.2, 0.25) is 0 Å². The van der Waals surface area contributed by atoms with Crippen LogP contribution in [0.4, 0.5) is 10.1 Å². The number of hydrogen-bond acceptors (Lipinski definition) is 3. The zero-order valence-electron chi connectivity index (χ0n) is 19.6. The number of fused-ring (bicyclic) bond motifs is 2. The molecule has 2 amide bonds. The summed E-state index contributed by atoms with van der Waals surface area (Å²) in [6.45, 7) is 0.666. The van der Waals surface area contributed by atoms with E-state index in [4.69, 9.17) is 4.74 Å². The van der Waals surface area contributed by atoms with Crippen LogP contribution in [0.3, 0.4) is 0 Å². The highest BCUT2D eigenvalue weighted by molar-refractivity contribution is 6.05. The van der Waals surface area contributed by atoms with E-state index in [2.05, 4.69) is 5.32 Å². The number of anilines is 1. The number of nitrogens with one attached hydrogen (secondary N) is 1. The van der Waals surface area contributed by atoms with Crippen molar-refractivity contribution in [3.8, 4) is 0 Å². The van der Waals surface area contributed by atoms with Gasteiger partial charge in [0, 0.05) is 54.6 Å². The van der Waals surface area contributed by atoms with Crippen LogP contribution >= 0.6 is 0 Å². The van der Waals surface area contributed by atoms with Crippen molar-refractivity contribution in [3.05, 3.63) is 102 Å². The van der Waals surface area contributed by atoms with E-state index >= 15 is 0 Å². The summed E-state index contributed by atoms with van der Waals surface area (Å²) in [5, 5.41) is 3.92. The van der Waals surface area contributed by atoms with Crippen molar-refractivity contribution in [1.29, 1.82) is 0 Å². The Labute approximate surface area is 202 Å². The molecular weight excluding hydrogens is 445 g/mol. The predicted molar refractivity (Wildman–Crippen MR) is 133 cm³/mol. The van der Waals surface area contributed by atoms with Crippen LogP contribution in [0.5, 0.6) is 0 Å². The largest absolute Gasteiger partial charge is 0.383 e. The Morgan fingerprint density at radius 3 is 2.49 bits per heavy atom. The molecule has 35 heavy (non-hydrogen) atoms. The second kappa shape index (κ2) is 9.35. The molecule has 1 aliphatic heterocycles. The summed E-state index contributed by atoms with van der Waals surface area (Å²) in [6.07, 6.45) is 1.99. The lowest BCUT2D eigenvalue weighted by molar-refractivity contribution is -0.119. The van der Waals surface area contributed by atoms with E-state index < -0.39 is 12.0 Å². The number of carbonyl (C=O) groups is 2. The Hall–Kier alpha value is -3.97. The van der Waals surface area contributed by atoms with Crippen LogP contribution in [0.1, 0.15) is 33.4 Å². The lowest BCUT2D eigenvalue weighted by atomic mass is 9.79. The van der Waals surface area contributed by atoms with Crippen molar-refractivity contribution in [2.24, 2.45) is 7.05 Å². The van der Waals surface area contributed by atoms with Crippen LogP contribution in [0.25, 0.3) is 10.9 Å². The maximum atomic E-state index is 13.9. The molecule has 3 aromatic carbocycles. The third-order valence-corrected chi connectivity index (χ3v) is 6.62. The fourth-order valence-electron chi connectivity index (χ4n) is 5.02. The van der Waals surface area contributed by atoms with Crippen molar-refractivity contribution in [2.75, 3.05) is 25.6 Å². The topological polar surface area (TPSA) is 63.6 Å². The molecule has 6 nitrogen and oxygen atoms in total. The highest BCUT2D eigenvalue weighted by Crippen LogP contribution is 2.45. The van der Waals surface area contributed by atoms with E-state index in [9.17, 15) is 14.0 Å². The average molecular weight is 472 g/mol. The molecular formula is C28H26FN3O3. The van der Waals surface area contributed by atoms with Gasteiger partial charge in [-0.3, -0.25) is 9.59 Å². The fraction of sp³-hybridized carbons (Fsp3) is 0.214. The Balaban J connectivity index is 1.69. The van der Waals surface area contributed by atoms with Gasteiger partial charge >= 0.3 is 0 Å². The summed E-state index contributed by atoms with van der Waals surface area (Å²) in [6, 6.07) is 20.3. The third-order valence-electron chi connectivity index (χ3n) is 6.62. The maximum Gasteiger partial charge on any atom is 0.254 e. The molecule has 4 aromatic rings. The minimum absolute atomic E-state index is 0.138. The molecule has 0 saturated carbocycles. The van der Waals surface area contributed by atoms with Crippen molar-refractivity contribution in [2.45, 2.75) is 12.0 Å². The van der Waals surface area contributed by atoms with Gasteiger partial charge in [-0.1, -0.05) is 36.4 Å². The lowest BCUT2D eigenvalue weighted by Crippen LogP contribution is -2.47. The van der Waals surface area contributed by atoms with Gasteiger partial charge in [0.1, 0.15) is 5.82 Å². The molecule has 5 rings (SSSR count). The van der Waals surface area contributed by atoms with E-state index in [1.54, 1.807) is 24.1 Å². The Morgan fingerprint density at radius 2 is 1.71 bits per heavy atom. The SMILES string of the molecule is COCCN1C(=O)c2ccccc2[C@@H](C(=O)Nc2ccc(F)cc2)[C@@H]1c1cn(C)c2ccccc12. The van der Waals surface area contributed by atoms with Gasteiger partial charge in [-0.15, -0.1) is 0 Å². The molecule has 1 N–H and O–H groups in total. The van der Waals surface area contributed by atoms with E-state index in [1.807, 2.05) is 54.2 Å². The zero-order chi connectivity index (χ0) is 24.5. The number of halogens is 1. The van der Waals surface area contributed by atoms with E-state index in [0.717, 1.165) is 16.5 Å². The molecule has 0 saturated heterocycles. The molecule has 0 bridgehead atoms. The molecule has 2 atom stereocenters. The summed E-state index contributed by atoms with van der Waals surface area (Å²) in [4.78, 5) is 29.3. The van der Waals surface area contributed by atoms with Gasteiger partial charge in [-0.05, 0) is 42.0 Å². The van der Waals surface area contributed by atoms with Gasteiger partial charge in [0.05, 0.1) is 18.6 Å². The fourth-order valence-corrected chi connectivity index (χ4v) is 5.02.